The number of hydrogen-bond acceptors (Lipinski definition) is 3. The highest BCUT2D eigenvalue weighted by Crippen LogP contribution is 2.17. The molecule has 0 fully saturated rings. The lowest BCUT2D eigenvalue weighted by atomic mass is 10.1. The molecule has 0 aliphatic rings. The van der Waals surface area contributed by atoms with Gasteiger partial charge in [0.05, 0.1) is 11.7 Å². The van der Waals surface area contributed by atoms with Crippen molar-refractivity contribution in [1.82, 2.24) is 5.32 Å². The van der Waals surface area contributed by atoms with Crippen molar-refractivity contribution in [3.8, 4) is 5.75 Å². The molecule has 0 spiro atoms. The quantitative estimate of drug-likeness (QED) is 0.762. The van der Waals surface area contributed by atoms with E-state index in [9.17, 15) is 9.90 Å². The second-order valence-electron chi connectivity index (χ2n) is 4.55. The molecule has 0 bridgehead atoms. The van der Waals surface area contributed by atoms with Crippen LogP contribution >= 0.6 is 0 Å². The molecule has 4 heteroatoms. The Morgan fingerprint density at radius 3 is 2.78 bits per heavy atom. The van der Waals surface area contributed by atoms with E-state index in [2.05, 4.69) is 5.32 Å². The summed E-state index contributed by atoms with van der Waals surface area (Å²) in [7, 11) is 0. The van der Waals surface area contributed by atoms with Crippen LogP contribution in [0.2, 0.25) is 0 Å². The third kappa shape index (κ3) is 4.75. The van der Waals surface area contributed by atoms with Crippen LogP contribution < -0.4 is 5.32 Å². The van der Waals surface area contributed by atoms with Crippen molar-refractivity contribution in [3.63, 3.8) is 0 Å². The van der Waals surface area contributed by atoms with Gasteiger partial charge in [-0.2, -0.15) is 0 Å². The number of hydrogen-bond donors (Lipinski definition) is 2. The van der Waals surface area contributed by atoms with E-state index >= 15 is 0 Å². The van der Waals surface area contributed by atoms with Gasteiger partial charge >= 0.3 is 0 Å². The molecule has 0 aliphatic carbocycles. The molecule has 0 aromatic heterocycles. The summed E-state index contributed by atoms with van der Waals surface area (Å²) in [5, 5.41) is 12.4. The molecule has 1 aromatic carbocycles. The van der Waals surface area contributed by atoms with Crippen LogP contribution in [0.15, 0.2) is 18.2 Å². The molecule has 0 atom stereocenters. The van der Waals surface area contributed by atoms with E-state index in [0.717, 1.165) is 12.0 Å². The monoisotopic (exact) mass is 251 g/mol. The Morgan fingerprint density at radius 1 is 1.44 bits per heavy atom. The minimum atomic E-state index is -0.253. The summed E-state index contributed by atoms with van der Waals surface area (Å²) >= 11 is 0. The van der Waals surface area contributed by atoms with Crippen molar-refractivity contribution in [3.05, 3.63) is 29.3 Å². The Hall–Kier alpha value is -1.55. The number of phenolic OH excluding ortho intramolecular Hbond substituents is 1. The molecule has 0 aliphatic heterocycles. The van der Waals surface area contributed by atoms with E-state index in [4.69, 9.17) is 4.74 Å². The van der Waals surface area contributed by atoms with Gasteiger partial charge in [-0.05, 0) is 44.9 Å². The fraction of sp³-hybridized carbons (Fsp3) is 0.500. The van der Waals surface area contributed by atoms with Gasteiger partial charge < -0.3 is 15.2 Å². The second kappa shape index (κ2) is 7.01. The number of ether oxygens (including phenoxy) is 1. The van der Waals surface area contributed by atoms with Gasteiger partial charge in [-0.3, -0.25) is 4.79 Å². The maximum Gasteiger partial charge on any atom is 0.255 e. The molecule has 0 unspecified atom stereocenters. The predicted molar refractivity (Wildman–Crippen MR) is 70.9 cm³/mol. The normalized spacial score (nSPS) is 10.7. The van der Waals surface area contributed by atoms with Crippen LogP contribution in [0.25, 0.3) is 0 Å². The number of carbonyl (C=O) groups excluding carboxylic acids is 1. The number of nitrogens with one attached hydrogen (secondary N) is 1. The number of rotatable bonds is 6. The summed E-state index contributed by atoms with van der Waals surface area (Å²) < 4.78 is 5.37. The Morgan fingerprint density at radius 2 is 2.17 bits per heavy atom. The van der Waals surface area contributed by atoms with Crippen molar-refractivity contribution < 1.29 is 14.6 Å². The van der Waals surface area contributed by atoms with Crippen molar-refractivity contribution >= 4 is 5.91 Å². The van der Waals surface area contributed by atoms with E-state index in [1.165, 1.54) is 0 Å². The van der Waals surface area contributed by atoms with Crippen molar-refractivity contribution in [2.24, 2.45) is 0 Å². The molecule has 1 rings (SSSR count). The van der Waals surface area contributed by atoms with Gasteiger partial charge in [0.2, 0.25) is 0 Å². The predicted octanol–water partition coefficient (Wildman–Crippen LogP) is 2.25. The van der Waals surface area contributed by atoms with Gasteiger partial charge in [0.1, 0.15) is 5.75 Å². The van der Waals surface area contributed by atoms with Crippen LogP contribution in [0.3, 0.4) is 0 Å². The Bertz CT molecular complexity index is 402. The molecule has 0 heterocycles. The first-order chi connectivity index (χ1) is 8.50. The third-order valence-electron chi connectivity index (χ3n) is 2.46. The smallest absolute Gasteiger partial charge is 0.255 e. The Kier molecular flexibility index (Phi) is 5.65. The fourth-order valence-electron chi connectivity index (χ4n) is 1.52. The zero-order chi connectivity index (χ0) is 13.5. The molecule has 100 valence electrons. The van der Waals surface area contributed by atoms with E-state index < -0.39 is 0 Å². The van der Waals surface area contributed by atoms with Crippen LogP contribution in [-0.4, -0.2) is 30.3 Å². The summed E-state index contributed by atoms with van der Waals surface area (Å²) in [6, 6.07) is 5.01. The second-order valence-corrected chi connectivity index (χ2v) is 4.55. The lowest BCUT2D eigenvalue weighted by Gasteiger charge is -2.09. The summed E-state index contributed by atoms with van der Waals surface area (Å²) in [5.41, 5.74) is 1.24. The van der Waals surface area contributed by atoms with Crippen LogP contribution in [0.4, 0.5) is 0 Å². The number of carbonyl (C=O) groups is 1. The largest absolute Gasteiger partial charge is 0.507 e. The SMILES string of the molecule is Cc1ccc(C(=O)NCCCOC(C)C)c(O)c1. The van der Waals surface area contributed by atoms with Gasteiger partial charge in [0.15, 0.2) is 0 Å². The first kappa shape index (κ1) is 14.5. The summed E-state index contributed by atoms with van der Waals surface area (Å²) in [6.45, 7) is 6.98. The molecular formula is C14H21NO3. The molecule has 0 radical (unpaired) electrons. The first-order valence-electron chi connectivity index (χ1n) is 6.20. The van der Waals surface area contributed by atoms with E-state index in [-0.39, 0.29) is 17.8 Å². The number of aromatic hydroxyl groups is 1. The molecule has 1 amide bonds. The summed E-state index contributed by atoms with van der Waals surface area (Å²) in [5.74, 6) is -0.233. The zero-order valence-corrected chi connectivity index (χ0v) is 11.2. The lowest BCUT2D eigenvalue weighted by molar-refractivity contribution is 0.0757. The Labute approximate surface area is 108 Å². The molecule has 18 heavy (non-hydrogen) atoms. The van der Waals surface area contributed by atoms with Crippen LogP contribution in [0.5, 0.6) is 5.75 Å². The van der Waals surface area contributed by atoms with Crippen LogP contribution in [0, 0.1) is 6.92 Å². The fourth-order valence-corrected chi connectivity index (χ4v) is 1.52. The zero-order valence-electron chi connectivity index (χ0n) is 11.2. The number of benzene rings is 1. The molecule has 0 saturated carbocycles. The van der Waals surface area contributed by atoms with Gasteiger partial charge in [0.25, 0.3) is 5.91 Å². The lowest BCUT2D eigenvalue weighted by Crippen LogP contribution is -2.25. The highest BCUT2D eigenvalue weighted by atomic mass is 16.5. The molecular weight excluding hydrogens is 230 g/mol. The van der Waals surface area contributed by atoms with E-state index in [0.29, 0.717) is 18.7 Å². The van der Waals surface area contributed by atoms with Crippen molar-refractivity contribution in [2.45, 2.75) is 33.3 Å². The first-order valence-corrected chi connectivity index (χ1v) is 6.20. The molecule has 0 saturated heterocycles. The molecule has 1 aromatic rings. The van der Waals surface area contributed by atoms with Crippen molar-refractivity contribution in [2.75, 3.05) is 13.2 Å². The van der Waals surface area contributed by atoms with Crippen LogP contribution in [0.1, 0.15) is 36.2 Å². The highest BCUT2D eigenvalue weighted by molar-refractivity contribution is 5.96. The van der Waals surface area contributed by atoms with Crippen molar-refractivity contribution in [1.29, 1.82) is 0 Å². The standard InChI is InChI=1S/C14H21NO3/c1-10(2)18-8-4-7-15-14(17)12-6-5-11(3)9-13(12)16/h5-6,9-10,16H,4,7-8H2,1-3H3,(H,15,17). The number of amides is 1. The van der Waals surface area contributed by atoms with E-state index in [1.807, 2.05) is 20.8 Å². The average molecular weight is 251 g/mol. The van der Waals surface area contributed by atoms with Gasteiger partial charge in [-0.1, -0.05) is 6.07 Å². The maximum absolute atomic E-state index is 11.8. The van der Waals surface area contributed by atoms with Gasteiger partial charge in [-0.15, -0.1) is 0 Å². The van der Waals surface area contributed by atoms with Gasteiger partial charge in [0, 0.05) is 13.2 Å². The highest BCUT2D eigenvalue weighted by Gasteiger charge is 2.09. The molecule has 4 nitrogen and oxygen atoms in total. The average Bonchev–Trinajstić information content (AvgIpc) is 2.27. The van der Waals surface area contributed by atoms with E-state index in [1.54, 1.807) is 18.2 Å². The van der Waals surface area contributed by atoms with Gasteiger partial charge in [-0.25, -0.2) is 0 Å². The Balaban J connectivity index is 2.36. The minimum absolute atomic E-state index is 0.0194. The third-order valence-corrected chi connectivity index (χ3v) is 2.46. The summed E-state index contributed by atoms with van der Waals surface area (Å²) in [4.78, 5) is 11.8. The van der Waals surface area contributed by atoms with Crippen LogP contribution in [-0.2, 0) is 4.74 Å². The summed E-state index contributed by atoms with van der Waals surface area (Å²) in [6.07, 6.45) is 0.971. The number of aryl methyl sites for hydroxylation is 1. The minimum Gasteiger partial charge on any atom is -0.507 e. The topological polar surface area (TPSA) is 58.6 Å². The maximum atomic E-state index is 11.8. The number of phenols is 1. The molecule has 2 N–H and O–H groups in total.